The van der Waals surface area contributed by atoms with Gasteiger partial charge in [0.25, 0.3) is 0 Å². The molecule has 1 aliphatic heterocycles. The van der Waals surface area contributed by atoms with Crippen molar-refractivity contribution in [1.29, 1.82) is 0 Å². The van der Waals surface area contributed by atoms with E-state index in [9.17, 15) is 8.42 Å². The number of benzene rings is 1. The molecular weight excluding hydrogens is 360 g/mol. The second kappa shape index (κ2) is 7.68. The molecule has 0 saturated carbocycles. The fourth-order valence-corrected chi connectivity index (χ4v) is 4.13. The first-order valence-electron chi connectivity index (χ1n) is 8.29. The number of hydrogen-bond acceptors (Lipinski definition) is 5. The van der Waals surface area contributed by atoms with Crippen molar-refractivity contribution in [2.45, 2.75) is 37.6 Å². The molecule has 0 amide bonds. The van der Waals surface area contributed by atoms with Crippen LogP contribution >= 0.6 is 11.6 Å². The third-order valence-corrected chi connectivity index (χ3v) is 5.72. The number of rotatable bonds is 5. The van der Waals surface area contributed by atoms with Gasteiger partial charge in [-0.2, -0.15) is 0 Å². The molecule has 2 heterocycles. The average molecular weight is 381 g/mol. The molecule has 0 bridgehead atoms. The Hall–Kier alpha value is -1.70. The van der Waals surface area contributed by atoms with Crippen molar-refractivity contribution in [2.24, 2.45) is 0 Å². The summed E-state index contributed by atoms with van der Waals surface area (Å²) in [5.74, 6) is 0.677. The lowest BCUT2D eigenvalue weighted by Crippen LogP contribution is -2.32. The number of piperidine rings is 1. The molecule has 8 heteroatoms. The average Bonchev–Trinajstić information content (AvgIpc) is 2.60. The van der Waals surface area contributed by atoms with Gasteiger partial charge < -0.3 is 4.90 Å². The van der Waals surface area contributed by atoms with E-state index in [0.29, 0.717) is 16.7 Å². The Balaban J connectivity index is 1.75. The van der Waals surface area contributed by atoms with Crippen molar-refractivity contribution in [2.75, 3.05) is 18.0 Å². The van der Waals surface area contributed by atoms with Gasteiger partial charge in [-0.25, -0.2) is 23.1 Å². The normalized spacial score (nSPS) is 15.4. The molecule has 1 aromatic carbocycles. The first kappa shape index (κ1) is 18.1. The summed E-state index contributed by atoms with van der Waals surface area (Å²) in [6, 6.07) is 7.99. The molecule has 2 aromatic rings. The van der Waals surface area contributed by atoms with Crippen LogP contribution in [-0.2, 0) is 16.6 Å². The van der Waals surface area contributed by atoms with Crippen LogP contribution < -0.4 is 9.62 Å². The predicted octanol–water partition coefficient (Wildman–Crippen LogP) is 2.91. The first-order chi connectivity index (χ1) is 11.9. The molecule has 3 rings (SSSR count). The molecule has 0 radical (unpaired) electrons. The van der Waals surface area contributed by atoms with Gasteiger partial charge in [-0.15, -0.1) is 0 Å². The van der Waals surface area contributed by atoms with E-state index in [1.54, 1.807) is 18.2 Å². The molecule has 0 spiro atoms. The summed E-state index contributed by atoms with van der Waals surface area (Å²) in [7, 11) is -3.64. The van der Waals surface area contributed by atoms with Crippen molar-refractivity contribution in [3.8, 4) is 0 Å². The van der Waals surface area contributed by atoms with Gasteiger partial charge in [0.1, 0.15) is 0 Å². The highest BCUT2D eigenvalue weighted by molar-refractivity contribution is 7.89. The number of halogens is 1. The molecule has 25 heavy (non-hydrogen) atoms. The van der Waals surface area contributed by atoms with Gasteiger partial charge in [0, 0.05) is 23.8 Å². The Morgan fingerprint density at radius 1 is 1.16 bits per heavy atom. The summed E-state index contributed by atoms with van der Waals surface area (Å²) in [6.45, 7) is 3.89. The Kier molecular flexibility index (Phi) is 5.56. The number of nitrogens with zero attached hydrogens (tertiary/aromatic N) is 3. The Labute approximate surface area is 153 Å². The summed E-state index contributed by atoms with van der Waals surface area (Å²) in [5, 5.41) is 0.383. The van der Waals surface area contributed by atoms with Crippen molar-refractivity contribution in [3.05, 3.63) is 46.7 Å². The highest BCUT2D eigenvalue weighted by Gasteiger charge is 2.17. The zero-order valence-electron chi connectivity index (χ0n) is 14.1. The smallest absolute Gasteiger partial charge is 0.240 e. The van der Waals surface area contributed by atoms with Crippen LogP contribution in [0.2, 0.25) is 5.02 Å². The fraction of sp³-hybridized carbons (Fsp3) is 0.412. The van der Waals surface area contributed by atoms with E-state index in [1.807, 2.05) is 6.92 Å². The lowest BCUT2D eigenvalue weighted by molar-refractivity contribution is 0.565. The Bertz CT molecular complexity index is 851. The van der Waals surface area contributed by atoms with E-state index in [1.165, 1.54) is 18.6 Å². The SMILES string of the molecule is Cc1cc(CNS(=O)(=O)c2cccc(Cl)c2)nc(N2CCCCC2)n1. The molecule has 0 atom stereocenters. The predicted molar refractivity (Wildman–Crippen MR) is 98.3 cm³/mol. The monoisotopic (exact) mass is 380 g/mol. The molecule has 1 aliphatic rings. The first-order valence-corrected chi connectivity index (χ1v) is 10.1. The highest BCUT2D eigenvalue weighted by atomic mass is 35.5. The minimum Gasteiger partial charge on any atom is -0.341 e. The number of nitrogens with one attached hydrogen (secondary N) is 1. The van der Waals surface area contributed by atoms with Crippen LogP contribution in [0, 0.1) is 6.92 Å². The summed E-state index contributed by atoms with van der Waals surface area (Å²) in [5.41, 5.74) is 1.48. The summed E-state index contributed by atoms with van der Waals surface area (Å²) < 4.78 is 27.4. The lowest BCUT2D eigenvalue weighted by Gasteiger charge is -2.27. The molecule has 0 unspecified atom stereocenters. The van der Waals surface area contributed by atoms with Crippen LogP contribution in [-0.4, -0.2) is 31.5 Å². The fourth-order valence-electron chi connectivity index (χ4n) is 2.83. The van der Waals surface area contributed by atoms with Crippen LogP contribution in [0.5, 0.6) is 0 Å². The third kappa shape index (κ3) is 4.68. The summed E-state index contributed by atoms with van der Waals surface area (Å²) in [6.07, 6.45) is 3.50. The van der Waals surface area contributed by atoms with E-state index in [4.69, 9.17) is 11.6 Å². The van der Waals surface area contributed by atoms with Crippen molar-refractivity contribution in [1.82, 2.24) is 14.7 Å². The highest BCUT2D eigenvalue weighted by Crippen LogP contribution is 2.18. The zero-order valence-corrected chi connectivity index (χ0v) is 15.6. The number of anilines is 1. The van der Waals surface area contributed by atoms with Gasteiger partial charge in [0.05, 0.1) is 17.1 Å². The molecule has 134 valence electrons. The molecule has 0 aliphatic carbocycles. The number of sulfonamides is 1. The molecule has 6 nitrogen and oxygen atoms in total. The topological polar surface area (TPSA) is 75.2 Å². The molecule has 1 saturated heterocycles. The van der Waals surface area contributed by atoms with E-state index in [0.717, 1.165) is 31.6 Å². The Morgan fingerprint density at radius 3 is 2.64 bits per heavy atom. The van der Waals surface area contributed by atoms with Crippen molar-refractivity contribution in [3.63, 3.8) is 0 Å². The minimum atomic E-state index is -3.64. The van der Waals surface area contributed by atoms with Crippen molar-refractivity contribution >= 4 is 27.6 Å². The Morgan fingerprint density at radius 2 is 1.92 bits per heavy atom. The lowest BCUT2D eigenvalue weighted by atomic mass is 10.1. The number of aromatic nitrogens is 2. The van der Waals surface area contributed by atoms with Crippen LogP contribution in [0.3, 0.4) is 0 Å². The van der Waals surface area contributed by atoms with Gasteiger partial charge in [-0.1, -0.05) is 17.7 Å². The van der Waals surface area contributed by atoms with Crippen LogP contribution in [0.15, 0.2) is 35.2 Å². The summed E-state index contributed by atoms with van der Waals surface area (Å²) in [4.78, 5) is 11.3. The maximum Gasteiger partial charge on any atom is 0.240 e. The van der Waals surface area contributed by atoms with Gasteiger partial charge >= 0.3 is 0 Å². The van der Waals surface area contributed by atoms with Gasteiger partial charge in [0.15, 0.2) is 0 Å². The van der Waals surface area contributed by atoms with Crippen LogP contribution in [0.25, 0.3) is 0 Å². The van der Waals surface area contributed by atoms with E-state index >= 15 is 0 Å². The molecule has 1 fully saturated rings. The zero-order chi connectivity index (χ0) is 17.9. The van der Waals surface area contributed by atoms with E-state index in [2.05, 4.69) is 19.6 Å². The quantitative estimate of drug-likeness (QED) is 0.863. The molecule has 1 N–H and O–H groups in total. The molecule has 1 aromatic heterocycles. The van der Waals surface area contributed by atoms with Gasteiger partial charge in [-0.3, -0.25) is 0 Å². The largest absolute Gasteiger partial charge is 0.341 e. The van der Waals surface area contributed by atoms with Gasteiger partial charge in [-0.05, 0) is 50.5 Å². The van der Waals surface area contributed by atoms with Crippen LogP contribution in [0.1, 0.15) is 30.7 Å². The number of hydrogen-bond donors (Lipinski definition) is 1. The maximum atomic E-state index is 12.4. The summed E-state index contributed by atoms with van der Waals surface area (Å²) >= 11 is 5.88. The standard InChI is InChI=1S/C17H21ClN4O2S/c1-13-10-15(21-17(20-13)22-8-3-2-4-9-22)12-19-25(23,24)16-7-5-6-14(18)11-16/h5-7,10-11,19H,2-4,8-9,12H2,1H3. The second-order valence-electron chi connectivity index (χ2n) is 6.13. The second-order valence-corrected chi connectivity index (χ2v) is 8.33. The van der Waals surface area contributed by atoms with E-state index in [-0.39, 0.29) is 11.4 Å². The van der Waals surface area contributed by atoms with Gasteiger partial charge in [0.2, 0.25) is 16.0 Å². The van der Waals surface area contributed by atoms with Crippen LogP contribution in [0.4, 0.5) is 5.95 Å². The number of aryl methyl sites for hydroxylation is 1. The maximum absolute atomic E-state index is 12.4. The third-order valence-electron chi connectivity index (χ3n) is 4.08. The van der Waals surface area contributed by atoms with Crippen molar-refractivity contribution < 1.29 is 8.42 Å². The molecular formula is C17H21ClN4O2S. The minimum absolute atomic E-state index is 0.110. The van der Waals surface area contributed by atoms with E-state index < -0.39 is 10.0 Å².